The quantitative estimate of drug-likeness (QED) is 0.771. The minimum absolute atomic E-state index is 0.254. The molecule has 1 aliphatic carbocycles. The van der Waals surface area contributed by atoms with E-state index in [1.165, 1.54) is 6.07 Å². The zero-order valence-electron chi connectivity index (χ0n) is 9.05. The van der Waals surface area contributed by atoms with Crippen molar-refractivity contribution >= 4 is 0 Å². The van der Waals surface area contributed by atoms with Gasteiger partial charge < -0.3 is 5.32 Å². The average Bonchev–Trinajstić information content (AvgIpc) is 2.76. The molecule has 86 valence electrons. The first-order chi connectivity index (χ1) is 7.69. The van der Waals surface area contributed by atoms with E-state index in [0.29, 0.717) is 24.7 Å². The van der Waals surface area contributed by atoms with Gasteiger partial charge in [0, 0.05) is 5.56 Å². The fraction of sp³-hybridized carbons (Fsp3) is 0.538. The lowest BCUT2D eigenvalue weighted by Crippen LogP contribution is -2.22. The summed E-state index contributed by atoms with van der Waals surface area (Å²) in [4.78, 5) is 0. The van der Waals surface area contributed by atoms with Crippen molar-refractivity contribution in [2.45, 2.75) is 18.5 Å². The van der Waals surface area contributed by atoms with Gasteiger partial charge in [0.1, 0.15) is 11.5 Å². The summed E-state index contributed by atoms with van der Waals surface area (Å²) in [6.07, 6.45) is 0.928. The lowest BCUT2D eigenvalue weighted by atomic mass is 9.92. The van der Waals surface area contributed by atoms with E-state index >= 15 is 0 Å². The molecule has 0 aromatic heterocycles. The van der Waals surface area contributed by atoms with Crippen LogP contribution in [-0.2, 0) is 5.67 Å². The number of benzene rings is 1. The lowest BCUT2D eigenvalue weighted by Gasteiger charge is -2.21. The highest BCUT2D eigenvalue weighted by Gasteiger charge is 2.49. The molecule has 1 N–H and O–H groups in total. The minimum atomic E-state index is -1.44. The third-order valence-electron chi connectivity index (χ3n) is 4.01. The Morgan fingerprint density at radius 1 is 1.12 bits per heavy atom. The van der Waals surface area contributed by atoms with Gasteiger partial charge >= 0.3 is 0 Å². The molecule has 1 nitrogen and oxygen atoms in total. The number of rotatable bonds is 1. The van der Waals surface area contributed by atoms with Gasteiger partial charge in [-0.2, -0.15) is 0 Å². The molecular weight excluding hydrogens is 208 g/mol. The van der Waals surface area contributed by atoms with Crippen molar-refractivity contribution in [3.63, 3.8) is 0 Å². The van der Waals surface area contributed by atoms with Gasteiger partial charge in [0.05, 0.1) is 0 Å². The Kier molecular flexibility index (Phi) is 2.25. The lowest BCUT2D eigenvalue weighted by molar-refractivity contribution is 0.155. The second-order valence-corrected chi connectivity index (χ2v) is 5.03. The molecule has 3 heteroatoms. The number of alkyl halides is 1. The van der Waals surface area contributed by atoms with Gasteiger partial charge in [-0.05, 0) is 43.8 Å². The van der Waals surface area contributed by atoms with Crippen LogP contribution in [0, 0.1) is 17.7 Å². The van der Waals surface area contributed by atoms with Gasteiger partial charge in [-0.1, -0.05) is 18.2 Å². The SMILES string of the molecule is Fc1ccccc1C1(F)CC2CNCC2C1. The summed E-state index contributed by atoms with van der Waals surface area (Å²) in [6, 6.07) is 6.26. The van der Waals surface area contributed by atoms with Crippen LogP contribution < -0.4 is 5.32 Å². The number of hydrogen-bond acceptors (Lipinski definition) is 1. The summed E-state index contributed by atoms with van der Waals surface area (Å²) in [7, 11) is 0. The van der Waals surface area contributed by atoms with E-state index < -0.39 is 11.5 Å². The van der Waals surface area contributed by atoms with Crippen LogP contribution in [0.25, 0.3) is 0 Å². The molecule has 1 aliphatic heterocycles. The molecule has 2 fully saturated rings. The monoisotopic (exact) mass is 223 g/mol. The van der Waals surface area contributed by atoms with Crippen molar-refractivity contribution in [3.8, 4) is 0 Å². The molecule has 1 aromatic carbocycles. The first-order valence-corrected chi connectivity index (χ1v) is 5.84. The van der Waals surface area contributed by atoms with Crippen LogP contribution in [-0.4, -0.2) is 13.1 Å². The van der Waals surface area contributed by atoms with Gasteiger partial charge in [0.15, 0.2) is 0 Å². The Balaban J connectivity index is 1.93. The number of halogens is 2. The summed E-state index contributed by atoms with van der Waals surface area (Å²) >= 11 is 0. The van der Waals surface area contributed by atoms with Gasteiger partial charge in [0.2, 0.25) is 0 Å². The summed E-state index contributed by atoms with van der Waals surface area (Å²) in [6.45, 7) is 1.76. The fourth-order valence-electron chi connectivity index (χ4n) is 3.22. The van der Waals surface area contributed by atoms with Crippen molar-refractivity contribution in [1.29, 1.82) is 0 Å². The largest absolute Gasteiger partial charge is 0.316 e. The molecule has 16 heavy (non-hydrogen) atoms. The maximum absolute atomic E-state index is 14.8. The Morgan fingerprint density at radius 3 is 2.38 bits per heavy atom. The van der Waals surface area contributed by atoms with Crippen LogP contribution >= 0.6 is 0 Å². The van der Waals surface area contributed by atoms with Gasteiger partial charge in [-0.25, -0.2) is 8.78 Å². The third-order valence-corrected chi connectivity index (χ3v) is 4.01. The maximum atomic E-state index is 14.8. The van der Waals surface area contributed by atoms with Crippen LogP contribution in [0.2, 0.25) is 0 Å². The summed E-state index contributed by atoms with van der Waals surface area (Å²) in [5.41, 5.74) is -1.19. The predicted octanol–water partition coefficient (Wildman–Crippen LogP) is 2.62. The molecule has 0 spiro atoms. The van der Waals surface area contributed by atoms with Crippen molar-refractivity contribution in [2.75, 3.05) is 13.1 Å². The molecule has 1 heterocycles. The van der Waals surface area contributed by atoms with E-state index in [9.17, 15) is 8.78 Å². The maximum Gasteiger partial charge on any atom is 0.139 e. The van der Waals surface area contributed by atoms with E-state index in [1.54, 1.807) is 18.2 Å². The first kappa shape index (κ1) is 10.2. The van der Waals surface area contributed by atoms with Gasteiger partial charge in [-0.15, -0.1) is 0 Å². The van der Waals surface area contributed by atoms with E-state index in [0.717, 1.165) is 13.1 Å². The molecule has 2 aliphatic rings. The Hall–Kier alpha value is -0.960. The molecule has 0 bridgehead atoms. The molecule has 0 radical (unpaired) electrons. The first-order valence-electron chi connectivity index (χ1n) is 5.84. The van der Waals surface area contributed by atoms with Crippen LogP contribution in [0.4, 0.5) is 8.78 Å². The Bertz CT molecular complexity index is 393. The number of fused-ring (bicyclic) bond motifs is 1. The summed E-state index contributed by atoms with van der Waals surface area (Å²) < 4.78 is 28.4. The molecule has 3 rings (SSSR count). The molecule has 0 amide bonds. The Labute approximate surface area is 93.9 Å². The molecule has 1 saturated heterocycles. The average molecular weight is 223 g/mol. The van der Waals surface area contributed by atoms with Crippen LogP contribution in [0.5, 0.6) is 0 Å². The fourth-order valence-corrected chi connectivity index (χ4v) is 3.22. The van der Waals surface area contributed by atoms with Crippen LogP contribution in [0.1, 0.15) is 18.4 Å². The minimum Gasteiger partial charge on any atom is -0.316 e. The summed E-state index contributed by atoms with van der Waals surface area (Å²) in [5.74, 6) is 0.354. The normalized spacial score (nSPS) is 37.6. The molecule has 2 unspecified atom stereocenters. The van der Waals surface area contributed by atoms with E-state index in [4.69, 9.17) is 0 Å². The zero-order chi connectivity index (χ0) is 11.2. The second kappa shape index (κ2) is 3.52. The van der Waals surface area contributed by atoms with E-state index in [2.05, 4.69) is 5.32 Å². The van der Waals surface area contributed by atoms with Crippen molar-refractivity contribution in [2.24, 2.45) is 11.8 Å². The van der Waals surface area contributed by atoms with Crippen LogP contribution in [0.3, 0.4) is 0 Å². The molecule has 1 saturated carbocycles. The smallest absolute Gasteiger partial charge is 0.139 e. The Morgan fingerprint density at radius 2 is 1.75 bits per heavy atom. The summed E-state index contributed by atoms with van der Waals surface area (Å²) in [5, 5.41) is 3.27. The number of nitrogens with one attached hydrogen (secondary N) is 1. The second-order valence-electron chi connectivity index (χ2n) is 5.03. The topological polar surface area (TPSA) is 12.0 Å². The zero-order valence-corrected chi connectivity index (χ0v) is 9.05. The highest BCUT2D eigenvalue weighted by Crippen LogP contribution is 2.50. The van der Waals surface area contributed by atoms with E-state index in [-0.39, 0.29) is 5.56 Å². The van der Waals surface area contributed by atoms with Crippen molar-refractivity contribution < 1.29 is 8.78 Å². The van der Waals surface area contributed by atoms with Gasteiger partial charge in [-0.3, -0.25) is 0 Å². The molecule has 1 aromatic rings. The molecule has 2 atom stereocenters. The highest BCUT2D eigenvalue weighted by atomic mass is 19.1. The highest BCUT2D eigenvalue weighted by molar-refractivity contribution is 5.26. The third kappa shape index (κ3) is 1.46. The van der Waals surface area contributed by atoms with Crippen LogP contribution in [0.15, 0.2) is 24.3 Å². The standard InChI is InChI=1S/C13H15F2N/c14-12-4-2-1-3-11(12)13(15)5-9-7-16-8-10(9)6-13/h1-4,9-10,16H,5-8H2. The van der Waals surface area contributed by atoms with E-state index in [1.807, 2.05) is 0 Å². The predicted molar refractivity (Wildman–Crippen MR) is 58.3 cm³/mol. The van der Waals surface area contributed by atoms with Crippen molar-refractivity contribution in [3.05, 3.63) is 35.6 Å². The number of hydrogen-bond donors (Lipinski definition) is 1. The molecular formula is C13H15F2N. The van der Waals surface area contributed by atoms with Crippen molar-refractivity contribution in [1.82, 2.24) is 5.32 Å². The van der Waals surface area contributed by atoms with Gasteiger partial charge in [0.25, 0.3) is 0 Å².